The molecule has 0 aliphatic carbocycles. The van der Waals surface area contributed by atoms with Crippen LogP contribution < -0.4 is 21.3 Å². The van der Waals surface area contributed by atoms with E-state index in [9.17, 15) is 14.4 Å². The van der Waals surface area contributed by atoms with Crippen molar-refractivity contribution in [1.29, 1.82) is 0 Å². The van der Waals surface area contributed by atoms with Crippen molar-refractivity contribution in [2.45, 2.75) is 25.5 Å². The molecule has 2 aromatic carbocycles. The zero-order valence-electron chi connectivity index (χ0n) is 16.7. The fourth-order valence-electron chi connectivity index (χ4n) is 3.68. The first kappa shape index (κ1) is 19.9. The van der Waals surface area contributed by atoms with Gasteiger partial charge in [0.05, 0.1) is 29.8 Å². The molecular weight excluding hydrogens is 386 g/mol. The second kappa shape index (κ2) is 8.54. The Morgan fingerprint density at radius 1 is 1.20 bits per heavy atom. The number of hydrogen-bond acceptors (Lipinski definition) is 5. The van der Waals surface area contributed by atoms with E-state index in [0.29, 0.717) is 35.5 Å². The van der Waals surface area contributed by atoms with Gasteiger partial charge in [0.15, 0.2) is 0 Å². The van der Waals surface area contributed by atoms with Crippen molar-refractivity contribution in [3.63, 3.8) is 0 Å². The van der Waals surface area contributed by atoms with Crippen molar-refractivity contribution in [2.24, 2.45) is 0 Å². The van der Waals surface area contributed by atoms with Gasteiger partial charge in [-0.1, -0.05) is 18.2 Å². The van der Waals surface area contributed by atoms with Gasteiger partial charge in [-0.3, -0.25) is 14.2 Å². The second-order valence-electron chi connectivity index (χ2n) is 7.17. The van der Waals surface area contributed by atoms with E-state index in [2.05, 4.69) is 5.32 Å². The fourth-order valence-corrected chi connectivity index (χ4v) is 3.68. The highest BCUT2D eigenvalue weighted by atomic mass is 16.5. The fraction of sp³-hybridized carbons (Fsp3) is 0.318. The first-order valence-corrected chi connectivity index (χ1v) is 9.86. The standard InChI is InChI=1S/C22H23N3O5/c1-29-16-7-4-6-15(12-16)25-21(27)18-9-2-3-10-19(18)24(22(25)28)14-20(26)23-13-17-8-5-11-30-17/h2-4,6-7,9-10,12,17H,5,8,11,13-14H2,1H3,(H,23,26)/t17-/m0/s1. The van der Waals surface area contributed by atoms with E-state index < -0.39 is 11.2 Å². The van der Waals surface area contributed by atoms with Gasteiger partial charge in [0, 0.05) is 19.2 Å². The SMILES string of the molecule is COc1cccc(-n2c(=O)c3ccccc3n(CC(=O)NC[C@@H]3CCCO3)c2=O)c1. The average molecular weight is 409 g/mol. The summed E-state index contributed by atoms with van der Waals surface area (Å²) in [6.45, 7) is 0.910. The molecule has 156 valence electrons. The molecule has 2 heterocycles. The van der Waals surface area contributed by atoms with E-state index >= 15 is 0 Å². The highest BCUT2D eigenvalue weighted by Gasteiger charge is 2.19. The molecule has 1 aromatic heterocycles. The summed E-state index contributed by atoms with van der Waals surface area (Å²) in [5.41, 5.74) is -0.235. The second-order valence-corrected chi connectivity index (χ2v) is 7.17. The number of para-hydroxylation sites is 1. The molecule has 0 saturated carbocycles. The molecule has 3 aromatic rings. The Morgan fingerprint density at radius 3 is 2.80 bits per heavy atom. The van der Waals surface area contributed by atoms with Crippen molar-refractivity contribution in [2.75, 3.05) is 20.3 Å². The third-order valence-corrected chi connectivity index (χ3v) is 5.21. The highest BCUT2D eigenvalue weighted by molar-refractivity contribution is 5.82. The third-order valence-electron chi connectivity index (χ3n) is 5.21. The molecule has 0 radical (unpaired) electrons. The lowest BCUT2D eigenvalue weighted by Gasteiger charge is -2.15. The number of amides is 1. The number of hydrogen-bond donors (Lipinski definition) is 1. The lowest BCUT2D eigenvalue weighted by atomic mass is 10.2. The lowest BCUT2D eigenvalue weighted by Crippen LogP contribution is -2.42. The third kappa shape index (κ3) is 3.86. The van der Waals surface area contributed by atoms with Crippen LogP contribution in [0.25, 0.3) is 16.6 Å². The van der Waals surface area contributed by atoms with Gasteiger partial charge in [-0.25, -0.2) is 9.36 Å². The van der Waals surface area contributed by atoms with Crippen LogP contribution in [0.2, 0.25) is 0 Å². The Kier molecular flexibility index (Phi) is 5.67. The van der Waals surface area contributed by atoms with Crippen LogP contribution in [0.1, 0.15) is 12.8 Å². The van der Waals surface area contributed by atoms with Gasteiger partial charge < -0.3 is 14.8 Å². The Labute approximate surface area is 172 Å². The van der Waals surface area contributed by atoms with Crippen LogP contribution >= 0.6 is 0 Å². The molecule has 1 aliphatic rings. The molecule has 30 heavy (non-hydrogen) atoms. The minimum atomic E-state index is -0.584. The van der Waals surface area contributed by atoms with Gasteiger partial charge in [0.1, 0.15) is 12.3 Å². The van der Waals surface area contributed by atoms with Crippen molar-refractivity contribution < 1.29 is 14.3 Å². The van der Waals surface area contributed by atoms with Crippen LogP contribution in [0, 0.1) is 0 Å². The number of benzene rings is 2. The number of carbonyl (C=O) groups is 1. The summed E-state index contributed by atoms with van der Waals surface area (Å²) in [7, 11) is 1.51. The van der Waals surface area contributed by atoms with E-state index in [4.69, 9.17) is 9.47 Å². The number of carbonyl (C=O) groups excluding carboxylic acids is 1. The Hall–Kier alpha value is -3.39. The van der Waals surface area contributed by atoms with E-state index in [-0.39, 0.29) is 18.6 Å². The maximum absolute atomic E-state index is 13.3. The first-order chi connectivity index (χ1) is 14.6. The van der Waals surface area contributed by atoms with E-state index in [1.165, 1.54) is 11.7 Å². The first-order valence-electron chi connectivity index (χ1n) is 9.86. The molecule has 8 heteroatoms. The van der Waals surface area contributed by atoms with Crippen LogP contribution in [0.4, 0.5) is 0 Å². The average Bonchev–Trinajstić information content (AvgIpc) is 3.29. The van der Waals surface area contributed by atoms with Gasteiger partial charge >= 0.3 is 5.69 Å². The van der Waals surface area contributed by atoms with Crippen molar-refractivity contribution in [3.8, 4) is 11.4 Å². The van der Waals surface area contributed by atoms with Crippen molar-refractivity contribution in [3.05, 3.63) is 69.4 Å². The number of aromatic nitrogens is 2. The highest BCUT2D eigenvalue weighted by Crippen LogP contribution is 2.16. The molecule has 1 amide bonds. The molecular formula is C22H23N3O5. The van der Waals surface area contributed by atoms with Gasteiger partial charge in [-0.15, -0.1) is 0 Å². The summed E-state index contributed by atoms with van der Waals surface area (Å²) >= 11 is 0. The zero-order chi connectivity index (χ0) is 21.1. The van der Waals surface area contributed by atoms with E-state index in [1.54, 1.807) is 48.5 Å². The molecule has 0 unspecified atom stereocenters. The topological polar surface area (TPSA) is 91.6 Å². The van der Waals surface area contributed by atoms with Crippen LogP contribution in [0.3, 0.4) is 0 Å². The Morgan fingerprint density at radius 2 is 2.03 bits per heavy atom. The maximum atomic E-state index is 13.3. The molecule has 1 N–H and O–H groups in total. The number of methoxy groups -OCH3 is 1. The van der Waals surface area contributed by atoms with Crippen LogP contribution in [0.15, 0.2) is 58.1 Å². The summed E-state index contributed by atoms with van der Waals surface area (Å²) in [5.74, 6) is 0.210. The summed E-state index contributed by atoms with van der Waals surface area (Å²) < 4.78 is 13.1. The summed E-state index contributed by atoms with van der Waals surface area (Å²) in [6.07, 6.45) is 1.90. The molecule has 1 saturated heterocycles. The maximum Gasteiger partial charge on any atom is 0.336 e. The Balaban J connectivity index is 1.75. The van der Waals surface area contributed by atoms with Crippen molar-refractivity contribution >= 4 is 16.8 Å². The molecule has 4 rings (SSSR count). The largest absolute Gasteiger partial charge is 0.497 e. The smallest absolute Gasteiger partial charge is 0.336 e. The van der Waals surface area contributed by atoms with Gasteiger partial charge in [-0.2, -0.15) is 0 Å². The van der Waals surface area contributed by atoms with Crippen LogP contribution in [-0.4, -0.2) is 41.4 Å². The Bertz CT molecular complexity index is 1190. The van der Waals surface area contributed by atoms with Gasteiger partial charge in [0.2, 0.25) is 5.91 Å². The summed E-state index contributed by atoms with van der Waals surface area (Å²) in [6, 6.07) is 13.5. The predicted molar refractivity (Wildman–Crippen MR) is 112 cm³/mol. The monoisotopic (exact) mass is 409 g/mol. The van der Waals surface area contributed by atoms with Crippen LogP contribution in [0.5, 0.6) is 5.75 Å². The molecule has 1 fully saturated rings. The number of rotatable bonds is 6. The quantitative estimate of drug-likeness (QED) is 0.666. The summed E-state index contributed by atoms with van der Waals surface area (Å²) in [5, 5.41) is 3.18. The predicted octanol–water partition coefficient (Wildman–Crippen LogP) is 1.46. The van der Waals surface area contributed by atoms with Crippen molar-refractivity contribution in [1.82, 2.24) is 14.5 Å². The summed E-state index contributed by atoms with van der Waals surface area (Å²) in [4.78, 5) is 38.9. The molecule has 1 aliphatic heterocycles. The minimum absolute atomic E-state index is 0.00755. The number of ether oxygens (including phenoxy) is 2. The van der Waals surface area contributed by atoms with E-state index in [1.807, 2.05) is 0 Å². The lowest BCUT2D eigenvalue weighted by molar-refractivity contribution is -0.122. The molecule has 1 atom stereocenters. The zero-order valence-corrected chi connectivity index (χ0v) is 16.7. The molecule has 0 bridgehead atoms. The van der Waals surface area contributed by atoms with Crippen LogP contribution in [-0.2, 0) is 16.1 Å². The number of nitrogens with zero attached hydrogens (tertiary/aromatic N) is 2. The van der Waals surface area contributed by atoms with Gasteiger partial charge in [0.25, 0.3) is 5.56 Å². The molecule has 0 spiro atoms. The van der Waals surface area contributed by atoms with Gasteiger partial charge in [-0.05, 0) is 37.1 Å². The normalized spacial score (nSPS) is 16.0. The number of nitrogens with one attached hydrogen (secondary N) is 1. The van der Waals surface area contributed by atoms with E-state index in [0.717, 1.165) is 17.4 Å². The minimum Gasteiger partial charge on any atom is -0.497 e. The molecule has 8 nitrogen and oxygen atoms in total. The number of fused-ring (bicyclic) bond motifs is 1.